The van der Waals surface area contributed by atoms with Crippen molar-refractivity contribution in [2.75, 3.05) is 26.8 Å². The number of aliphatic hydroxyl groups is 1. The van der Waals surface area contributed by atoms with E-state index in [4.69, 9.17) is 9.47 Å². The van der Waals surface area contributed by atoms with Gasteiger partial charge in [-0.15, -0.1) is 0 Å². The lowest BCUT2D eigenvalue weighted by Crippen LogP contribution is -2.57. The van der Waals surface area contributed by atoms with Crippen molar-refractivity contribution in [1.82, 2.24) is 4.90 Å². The van der Waals surface area contributed by atoms with Crippen LogP contribution in [0.3, 0.4) is 0 Å². The molecule has 0 radical (unpaired) electrons. The van der Waals surface area contributed by atoms with E-state index >= 15 is 0 Å². The highest BCUT2D eigenvalue weighted by Crippen LogP contribution is 2.38. The predicted octanol–water partition coefficient (Wildman–Crippen LogP) is 0.944. The van der Waals surface area contributed by atoms with Gasteiger partial charge in [0.2, 0.25) is 5.91 Å². The van der Waals surface area contributed by atoms with Crippen LogP contribution in [0.5, 0.6) is 0 Å². The van der Waals surface area contributed by atoms with Crippen molar-refractivity contribution in [2.24, 2.45) is 0 Å². The summed E-state index contributed by atoms with van der Waals surface area (Å²) in [4.78, 5) is 14.2. The SMILES string of the molecule is COC1(CC(=O)N2CC(CO)OC(C)(C)C2)CCC1. The molecule has 2 rings (SSSR count). The summed E-state index contributed by atoms with van der Waals surface area (Å²) < 4.78 is 11.2. The molecule has 1 heterocycles. The third kappa shape index (κ3) is 3.27. The van der Waals surface area contributed by atoms with Crippen molar-refractivity contribution in [2.45, 2.75) is 56.8 Å². The Morgan fingerprint density at radius 2 is 2.16 bits per heavy atom. The fourth-order valence-electron chi connectivity index (χ4n) is 2.99. The number of hydrogen-bond acceptors (Lipinski definition) is 4. The molecule has 0 spiro atoms. The Morgan fingerprint density at radius 3 is 2.63 bits per heavy atom. The largest absolute Gasteiger partial charge is 0.394 e. The summed E-state index contributed by atoms with van der Waals surface area (Å²) in [5, 5.41) is 9.27. The summed E-state index contributed by atoms with van der Waals surface area (Å²) in [5.41, 5.74) is -0.643. The molecule has 19 heavy (non-hydrogen) atoms. The molecule has 1 unspecified atom stereocenters. The molecule has 1 saturated heterocycles. The van der Waals surface area contributed by atoms with E-state index in [1.54, 1.807) is 7.11 Å². The van der Waals surface area contributed by atoms with Crippen LogP contribution < -0.4 is 0 Å². The monoisotopic (exact) mass is 271 g/mol. The van der Waals surface area contributed by atoms with Crippen molar-refractivity contribution >= 4 is 5.91 Å². The Balaban J connectivity index is 1.98. The van der Waals surface area contributed by atoms with Crippen LogP contribution in [-0.4, -0.2) is 60.0 Å². The Hall–Kier alpha value is -0.650. The Morgan fingerprint density at radius 1 is 1.47 bits per heavy atom. The Labute approximate surface area is 114 Å². The summed E-state index contributed by atoms with van der Waals surface area (Å²) in [5.74, 6) is 0.108. The number of morpholine rings is 1. The van der Waals surface area contributed by atoms with E-state index in [2.05, 4.69) is 0 Å². The van der Waals surface area contributed by atoms with Gasteiger partial charge < -0.3 is 19.5 Å². The molecule has 1 aliphatic carbocycles. The third-order valence-electron chi connectivity index (χ3n) is 4.21. The van der Waals surface area contributed by atoms with Crippen molar-refractivity contribution in [3.63, 3.8) is 0 Å². The van der Waals surface area contributed by atoms with Crippen LogP contribution >= 0.6 is 0 Å². The molecule has 110 valence electrons. The molecule has 2 fully saturated rings. The van der Waals surface area contributed by atoms with Gasteiger partial charge in [-0.1, -0.05) is 0 Å². The van der Waals surface area contributed by atoms with Crippen LogP contribution in [0, 0.1) is 0 Å². The minimum absolute atomic E-state index is 0.0529. The fourth-order valence-corrected chi connectivity index (χ4v) is 2.99. The topological polar surface area (TPSA) is 59.0 Å². The zero-order chi connectivity index (χ0) is 14.1. The smallest absolute Gasteiger partial charge is 0.225 e. The Kier molecular flexibility index (Phi) is 4.18. The van der Waals surface area contributed by atoms with Crippen LogP contribution in [0.25, 0.3) is 0 Å². The zero-order valence-electron chi connectivity index (χ0n) is 12.1. The van der Waals surface area contributed by atoms with Crippen molar-refractivity contribution in [3.8, 4) is 0 Å². The van der Waals surface area contributed by atoms with Gasteiger partial charge in [0.05, 0.1) is 30.3 Å². The molecule has 2 aliphatic rings. The minimum Gasteiger partial charge on any atom is -0.394 e. The molecule has 1 amide bonds. The van der Waals surface area contributed by atoms with E-state index in [0.717, 1.165) is 19.3 Å². The fraction of sp³-hybridized carbons (Fsp3) is 0.929. The number of aliphatic hydroxyl groups excluding tert-OH is 1. The van der Waals surface area contributed by atoms with Gasteiger partial charge in [-0.3, -0.25) is 4.79 Å². The van der Waals surface area contributed by atoms with Crippen LogP contribution in [0.4, 0.5) is 0 Å². The number of ether oxygens (including phenoxy) is 2. The van der Waals surface area contributed by atoms with E-state index < -0.39 is 5.60 Å². The van der Waals surface area contributed by atoms with E-state index in [1.165, 1.54) is 0 Å². The average molecular weight is 271 g/mol. The Bertz CT molecular complexity index is 333. The highest BCUT2D eigenvalue weighted by molar-refractivity contribution is 5.77. The highest BCUT2D eigenvalue weighted by Gasteiger charge is 2.42. The summed E-state index contributed by atoms with van der Waals surface area (Å²) in [6.07, 6.45) is 3.22. The molecular weight excluding hydrogens is 246 g/mol. The highest BCUT2D eigenvalue weighted by atomic mass is 16.5. The van der Waals surface area contributed by atoms with Gasteiger partial charge >= 0.3 is 0 Å². The molecule has 1 saturated carbocycles. The van der Waals surface area contributed by atoms with Crippen LogP contribution in [-0.2, 0) is 14.3 Å². The van der Waals surface area contributed by atoms with Gasteiger partial charge in [-0.2, -0.15) is 0 Å². The van der Waals surface area contributed by atoms with Gasteiger partial charge in [0.15, 0.2) is 0 Å². The van der Waals surface area contributed by atoms with Gasteiger partial charge in [-0.05, 0) is 33.1 Å². The average Bonchev–Trinajstić information content (AvgIpc) is 2.31. The molecule has 5 heteroatoms. The quantitative estimate of drug-likeness (QED) is 0.827. The lowest BCUT2D eigenvalue weighted by molar-refractivity contribution is -0.173. The summed E-state index contributed by atoms with van der Waals surface area (Å²) in [7, 11) is 1.69. The first-order chi connectivity index (χ1) is 8.90. The van der Waals surface area contributed by atoms with E-state index in [9.17, 15) is 9.90 Å². The summed E-state index contributed by atoms with van der Waals surface area (Å²) in [6.45, 7) is 4.89. The minimum atomic E-state index is -0.402. The number of carbonyl (C=O) groups is 1. The third-order valence-corrected chi connectivity index (χ3v) is 4.21. The standard InChI is InChI=1S/C14H25NO4/c1-13(2)10-15(8-11(9-16)19-13)12(17)7-14(18-3)5-4-6-14/h11,16H,4-10H2,1-3H3. The van der Waals surface area contributed by atoms with Crippen molar-refractivity contribution < 1.29 is 19.4 Å². The maximum atomic E-state index is 12.4. The summed E-state index contributed by atoms with van der Waals surface area (Å²) >= 11 is 0. The molecule has 5 nitrogen and oxygen atoms in total. The molecule has 0 aromatic carbocycles. The van der Waals surface area contributed by atoms with Gasteiger partial charge in [0.1, 0.15) is 0 Å². The van der Waals surface area contributed by atoms with Crippen molar-refractivity contribution in [3.05, 3.63) is 0 Å². The molecule has 1 aliphatic heterocycles. The maximum Gasteiger partial charge on any atom is 0.225 e. The van der Waals surface area contributed by atoms with Crippen LogP contribution in [0.2, 0.25) is 0 Å². The van der Waals surface area contributed by atoms with E-state index in [1.807, 2.05) is 18.7 Å². The second-order valence-electron chi connectivity index (χ2n) is 6.37. The molecule has 1 atom stereocenters. The van der Waals surface area contributed by atoms with Gasteiger partial charge in [-0.25, -0.2) is 0 Å². The van der Waals surface area contributed by atoms with Gasteiger partial charge in [0.25, 0.3) is 0 Å². The van der Waals surface area contributed by atoms with E-state index in [0.29, 0.717) is 19.5 Å². The normalized spacial score (nSPS) is 28.8. The molecule has 1 N–H and O–H groups in total. The van der Waals surface area contributed by atoms with Crippen LogP contribution in [0.15, 0.2) is 0 Å². The van der Waals surface area contributed by atoms with Gasteiger partial charge in [0, 0.05) is 20.2 Å². The first-order valence-corrected chi connectivity index (χ1v) is 7.01. The number of rotatable bonds is 4. The maximum absolute atomic E-state index is 12.4. The number of methoxy groups -OCH3 is 1. The molecule has 0 bridgehead atoms. The second kappa shape index (κ2) is 5.38. The number of carbonyl (C=O) groups excluding carboxylic acids is 1. The first kappa shape index (κ1) is 14.8. The molecule has 0 aromatic rings. The zero-order valence-corrected chi connectivity index (χ0v) is 12.1. The van der Waals surface area contributed by atoms with Crippen molar-refractivity contribution in [1.29, 1.82) is 0 Å². The lowest BCUT2D eigenvalue weighted by atomic mass is 9.77. The molecular formula is C14H25NO4. The first-order valence-electron chi connectivity index (χ1n) is 7.01. The second-order valence-corrected chi connectivity index (χ2v) is 6.37. The molecule has 0 aromatic heterocycles. The van der Waals surface area contributed by atoms with Crippen LogP contribution in [0.1, 0.15) is 39.5 Å². The number of amides is 1. The number of hydrogen-bond donors (Lipinski definition) is 1. The summed E-state index contributed by atoms with van der Waals surface area (Å²) in [6, 6.07) is 0. The van der Waals surface area contributed by atoms with E-state index in [-0.39, 0.29) is 24.2 Å². The lowest BCUT2D eigenvalue weighted by Gasteiger charge is -2.45. The predicted molar refractivity (Wildman–Crippen MR) is 70.8 cm³/mol. The number of nitrogens with zero attached hydrogens (tertiary/aromatic N) is 1.